The number of allylic oxidation sites excluding steroid dienone is 1. The number of aromatic hydroxyl groups is 4. The molecule has 4 aliphatic heterocycles. The third-order valence-corrected chi connectivity index (χ3v) is 25.4. The molecular weight excluding hydrogens is 1970 g/mol. The highest BCUT2D eigenvalue weighted by Crippen LogP contribution is 2.49. The number of fused-ring (bicyclic) bond motifs is 4. The van der Waals surface area contributed by atoms with Crippen LogP contribution in [0.1, 0.15) is 46.5 Å². The fourth-order valence-electron chi connectivity index (χ4n) is 16.6. The van der Waals surface area contributed by atoms with Gasteiger partial charge in [-0.2, -0.15) is 15.0 Å². The molecule has 4 saturated heterocycles. The van der Waals surface area contributed by atoms with Gasteiger partial charge in [-0.1, -0.05) is 90.2 Å². The number of phenolic OH excluding ortho intramolecular Hbond substituents is 4. The SMILES string of the molecule is C/C=C/C(=O)N1CCN(c2ncnc3c(F)c(-c4c(O)cccc4F)c(Cl)cc23)CC1.C=CC(=O)N1CCN(c2nc(NCCC(=O)N(C)C)nc3c(F)c(-c4c(O)cccc4F)c(Cl)cc23)CC1.CC(=O)N1CCN(c2nc(NCCC(=O)N(C)C)nc3c(F)c(-c4c(O)cccc4F)c(Cl)cc23)CC1.CCC(=O)N1CCN(c2nc(NCCC(=O)N(C)C)nc3c(F)c(-c4c(O)cccc4F)c(Cl)cc23)CC1. The summed E-state index contributed by atoms with van der Waals surface area (Å²) in [4.78, 5) is 138. The summed E-state index contributed by atoms with van der Waals surface area (Å²) in [5, 5.41) is 50.7. The van der Waals surface area contributed by atoms with Crippen molar-refractivity contribution in [3.63, 3.8) is 0 Å². The van der Waals surface area contributed by atoms with Gasteiger partial charge in [0.05, 0.1) is 42.3 Å². The molecule has 0 spiro atoms. The summed E-state index contributed by atoms with van der Waals surface area (Å²) in [5.41, 5.74) is -3.04. The van der Waals surface area contributed by atoms with Crippen molar-refractivity contribution in [2.45, 2.75) is 46.5 Å². The second-order valence-electron chi connectivity index (χ2n) is 34.1. The number of aromatic nitrogens is 8. The van der Waals surface area contributed by atoms with Gasteiger partial charge in [-0.25, -0.2) is 60.0 Å². The average molecular weight is 2070 g/mol. The van der Waals surface area contributed by atoms with Crippen molar-refractivity contribution in [1.29, 1.82) is 0 Å². The molecule has 0 unspecified atom stereocenters. The van der Waals surface area contributed by atoms with Crippen LogP contribution < -0.4 is 35.6 Å². The molecule has 144 heavy (non-hydrogen) atoms. The molecule has 0 atom stereocenters. The second kappa shape index (κ2) is 47.0. The Labute approximate surface area is 841 Å². The number of carbonyl (C=O) groups excluding carboxylic acids is 7. The van der Waals surface area contributed by atoms with Crippen LogP contribution in [0.2, 0.25) is 20.1 Å². The molecule has 7 N–H and O–H groups in total. The molecule has 33 nitrogen and oxygen atoms in total. The highest BCUT2D eigenvalue weighted by molar-refractivity contribution is 6.36. The number of amides is 7. The predicted molar refractivity (Wildman–Crippen MR) is 538 cm³/mol. The lowest BCUT2D eigenvalue weighted by Gasteiger charge is -2.36. The van der Waals surface area contributed by atoms with E-state index in [-0.39, 0.29) is 190 Å². The number of anilines is 7. The summed E-state index contributed by atoms with van der Waals surface area (Å²) in [7, 11) is 9.87. The van der Waals surface area contributed by atoms with E-state index in [1.54, 1.807) is 81.8 Å². The van der Waals surface area contributed by atoms with Crippen molar-refractivity contribution in [3.05, 3.63) is 195 Å². The van der Waals surface area contributed by atoms with Crippen molar-refractivity contribution in [2.75, 3.05) is 202 Å². The Morgan fingerprint density at radius 1 is 0.382 bits per heavy atom. The Hall–Kier alpha value is -14.7. The minimum absolute atomic E-state index is 0.0283. The molecule has 4 aromatic heterocycles. The summed E-state index contributed by atoms with van der Waals surface area (Å²) < 4.78 is 122. The Morgan fingerprint density at radius 2 is 0.660 bits per heavy atom. The highest BCUT2D eigenvalue weighted by atomic mass is 35.5. The maximum absolute atomic E-state index is 16.1. The van der Waals surface area contributed by atoms with Crippen LogP contribution >= 0.6 is 46.4 Å². The first-order valence-electron chi connectivity index (χ1n) is 45.6. The van der Waals surface area contributed by atoms with E-state index in [4.69, 9.17) is 46.4 Å². The molecule has 4 fully saturated rings. The standard InChI is InChI=1S/C26H29ClF2N6O3.C26H27ClF2N6O3.C25H27ClF2N6O3.C22H19ClF2N4O2/c2*1-4-19(37)34-10-12-35(13-11-34)25-15-14-16(27)21(22-17(28)6-5-7-18(22)36)23(29)24(15)31-26(32-25)30-9-8-20(38)33(2)3;1-14(35)33-9-11-34(12-10-33)24-15-13-16(26)20(21-17(27)5-4-6-18(21)36)22(28)23(15)30-25(31-24)29-8-7-19(37)32(2)3;1-2-4-17(31)28-7-9-29(10-8-28)22-13-11-14(23)18(20(25)21(13)26-12-27-22)19-15(24)5-3-6-16(19)30/h5-7,14,36H,4,8-13H2,1-3H3,(H,30,31,32);4-7,14,36H,1,8-13H2,2-3H3,(H,30,31,32);4-6,13,36H,7-12H2,1-3H3,(H,29,30,31);2-6,11-12,30H,7-10H2,1H3/b;;;4-2+. The number of halogens is 12. The maximum Gasteiger partial charge on any atom is 0.246 e. The molecule has 12 aromatic rings. The number of rotatable bonds is 23. The molecule has 8 heterocycles. The van der Waals surface area contributed by atoms with Gasteiger partial charge in [0.2, 0.25) is 59.2 Å². The van der Waals surface area contributed by atoms with Gasteiger partial charge in [0.25, 0.3) is 0 Å². The second-order valence-corrected chi connectivity index (χ2v) is 35.7. The monoisotopic (exact) mass is 2070 g/mol. The van der Waals surface area contributed by atoms with Gasteiger partial charge >= 0.3 is 0 Å². The van der Waals surface area contributed by atoms with Crippen LogP contribution in [0.5, 0.6) is 23.0 Å². The molecule has 8 aromatic carbocycles. The minimum Gasteiger partial charge on any atom is -0.507 e. The number of nitrogens with one attached hydrogen (secondary N) is 3. The van der Waals surface area contributed by atoms with Gasteiger partial charge in [-0.15, -0.1) is 0 Å². The predicted octanol–water partition coefficient (Wildman–Crippen LogP) is 15.2. The zero-order valence-corrected chi connectivity index (χ0v) is 82.7. The van der Waals surface area contributed by atoms with E-state index in [9.17, 15) is 71.5 Å². The third-order valence-electron chi connectivity index (χ3n) is 24.2. The van der Waals surface area contributed by atoms with E-state index in [2.05, 4.69) is 62.4 Å². The normalized spacial score (nSPS) is 13.8. The summed E-state index contributed by atoms with van der Waals surface area (Å²) in [5.74, 6) is -7.43. The molecule has 7 amide bonds. The van der Waals surface area contributed by atoms with Crippen molar-refractivity contribution in [2.24, 2.45) is 0 Å². The van der Waals surface area contributed by atoms with E-state index in [1.807, 2.05) is 19.6 Å². The zero-order valence-electron chi connectivity index (χ0n) is 79.7. The number of benzene rings is 8. The quantitative estimate of drug-likeness (QED) is 0.0231. The summed E-state index contributed by atoms with van der Waals surface area (Å²) >= 11 is 25.7. The first-order chi connectivity index (χ1) is 68.7. The van der Waals surface area contributed by atoms with Crippen LogP contribution in [0.15, 0.2) is 128 Å². The van der Waals surface area contributed by atoms with Crippen molar-refractivity contribution < 1.29 is 89.1 Å². The first kappa shape index (κ1) is 107. The molecule has 45 heteroatoms. The number of nitrogens with zero attached hydrogens (tertiary/aromatic N) is 19. The summed E-state index contributed by atoms with van der Waals surface area (Å²) in [6.45, 7) is 16.4. The minimum atomic E-state index is -0.926. The fraction of sp³-hybridized carbons (Fsp3) is 0.323. The van der Waals surface area contributed by atoms with Gasteiger partial charge in [0.15, 0.2) is 23.3 Å². The molecule has 0 aliphatic carbocycles. The number of hydrogen-bond acceptors (Lipinski definition) is 26. The molecule has 758 valence electrons. The first-order valence-corrected chi connectivity index (χ1v) is 47.1. The lowest BCUT2D eigenvalue weighted by atomic mass is 10.0. The van der Waals surface area contributed by atoms with Crippen molar-refractivity contribution in [1.82, 2.24) is 74.2 Å². The topological polar surface area (TPSA) is 375 Å². The van der Waals surface area contributed by atoms with Gasteiger partial charge in [-0.3, -0.25) is 33.6 Å². The Morgan fingerprint density at radius 3 is 0.938 bits per heavy atom. The molecule has 0 bridgehead atoms. The number of hydrogen-bond donors (Lipinski definition) is 7. The van der Waals surface area contributed by atoms with Gasteiger partial charge in [0, 0.05) is 243 Å². The van der Waals surface area contributed by atoms with Crippen LogP contribution in [0.25, 0.3) is 88.1 Å². The molecule has 4 aliphatic rings. The Bertz CT molecular complexity index is 6890. The van der Waals surface area contributed by atoms with Crippen LogP contribution in [-0.4, -0.2) is 303 Å². The largest absolute Gasteiger partial charge is 0.507 e. The molecule has 16 rings (SSSR count). The Kier molecular flexibility index (Phi) is 34.8. The van der Waals surface area contributed by atoms with Gasteiger partial charge < -0.3 is 90.3 Å². The van der Waals surface area contributed by atoms with Gasteiger partial charge in [-0.05, 0) is 91.9 Å². The van der Waals surface area contributed by atoms with Crippen LogP contribution in [0, 0.1) is 46.5 Å². The smallest absolute Gasteiger partial charge is 0.246 e. The number of phenols is 4. The van der Waals surface area contributed by atoms with Gasteiger partial charge in [0.1, 0.15) is 97.9 Å². The van der Waals surface area contributed by atoms with E-state index in [0.717, 1.165) is 24.3 Å². The lowest BCUT2D eigenvalue weighted by molar-refractivity contribution is -0.131. The van der Waals surface area contributed by atoms with E-state index in [0.29, 0.717) is 151 Å². The number of piperazine rings is 4. The molecule has 0 radical (unpaired) electrons. The van der Waals surface area contributed by atoms with E-state index in [1.165, 1.54) is 113 Å². The molecular formula is C99H102Cl4F8N22O11. The average Bonchev–Trinajstić information content (AvgIpc) is 0.775. The van der Waals surface area contributed by atoms with E-state index >= 15 is 17.6 Å². The lowest BCUT2D eigenvalue weighted by Crippen LogP contribution is -2.49. The van der Waals surface area contributed by atoms with E-state index < -0.39 is 69.5 Å². The fourth-order valence-corrected chi connectivity index (χ4v) is 17.8. The van der Waals surface area contributed by atoms with Crippen LogP contribution in [-0.2, 0) is 33.6 Å². The van der Waals surface area contributed by atoms with Crippen molar-refractivity contribution in [3.8, 4) is 67.5 Å². The molecule has 0 saturated carbocycles. The zero-order chi connectivity index (χ0) is 104. The number of carbonyl (C=O) groups is 7. The van der Waals surface area contributed by atoms with Crippen molar-refractivity contribution >= 4 is 172 Å². The summed E-state index contributed by atoms with van der Waals surface area (Å²) in [6.07, 6.45) is 6.59. The third kappa shape index (κ3) is 23.8. The Balaban J connectivity index is 0.000000161. The van der Waals surface area contributed by atoms with Crippen LogP contribution in [0.3, 0.4) is 0 Å². The highest BCUT2D eigenvalue weighted by Gasteiger charge is 2.35. The summed E-state index contributed by atoms with van der Waals surface area (Å²) in [6, 6.07) is 20.5. The van der Waals surface area contributed by atoms with Crippen LogP contribution in [0.4, 0.5) is 76.2 Å². The maximum atomic E-state index is 16.1.